The van der Waals surface area contributed by atoms with Crippen molar-refractivity contribution in [3.05, 3.63) is 16.4 Å². The summed E-state index contributed by atoms with van der Waals surface area (Å²) in [5.41, 5.74) is 1.92. The minimum absolute atomic E-state index is 0.300. The molecule has 4 heteroatoms. The van der Waals surface area contributed by atoms with Gasteiger partial charge in [-0.1, -0.05) is 63.5 Å². The van der Waals surface area contributed by atoms with Crippen molar-refractivity contribution < 1.29 is 5.11 Å². The van der Waals surface area contributed by atoms with E-state index in [1.165, 1.54) is 38.5 Å². The van der Waals surface area contributed by atoms with Gasteiger partial charge in [0.15, 0.2) is 0 Å². The largest absolute Gasteiger partial charge is 0.393 e. The highest BCUT2D eigenvalue weighted by molar-refractivity contribution is 6.30. The van der Waals surface area contributed by atoms with Crippen LogP contribution in [-0.4, -0.2) is 21.0 Å². The van der Waals surface area contributed by atoms with E-state index >= 15 is 0 Å². The highest BCUT2D eigenvalue weighted by Crippen LogP contribution is 2.21. The van der Waals surface area contributed by atoms with Crippen molar-refractivity contribution in [2.24, 2.45) is 7.05 Å². The fraction of sp³-hybridized carbons (Fsp3) is 0.812. The number of aliphatic hydroxyl groups is 1. The van der Waals surface area contributed by atoms with Crippen molar-refractivity contribution in [1.29, 1.82) is 0 Å². The molecule has 0 radical (unpaired) electrons. The van der Waals surface area contributed by atoms with Crippen molar-refractivity contribution in [2.75, 3.05) is 0 Å². The van der Waals surface area contributed by atoms with Crippen molar-refractivity contribution in [1.82, 2.24) is 9.78 Å². The van der Waals surface area contributed by atoms with Crippen LogP contribution in [0.2, 0.25) is 5.15 Å². The molecule has 0 aliphatic carbocycles. The predicted octanol–water partition coefficient (Wildman–Crippen LogP) is 4.43. The molecule has 1 heterocycles. The van der Waals surface area contributed by atoms with Gasteiger partial charge in [0.05, 0.1) is 11.8 Å². The smallest absolute Gasteiger partial charge is 0.130 e. The lowest BCUT2D eigenvalue weighted by atomic mass is 10.0. The Kier molecular flexibility index (Phi) is 8.24. The van der Waals surface area contributed by atoms with E-state index in [1.54, 1.807) is 4.68 Å². The number of aryl methyl sites for hydroxylation is 2. The zero-order chi connectivity index (χ0) is 15.0. The van der Waals surface area contributed by atoms with Crippen LogP contribution in [0.4, 0.5) is 0 Å². The molecule has 0 saturated carbocycles. The molecule has 116 valence electrons. The number of hydrogen-bond donors (Lipinski definition) is 1. The number of aromatic nitrogens is 2. The minimum Gasteiger partial charge on any atom is -0.393 e. The van der Waals surface area contributed by atoms with E-state index in [2.05, 4.69) is 12.0 Å². The van der Waals surface area contributed by atoms with E-state index in [9.17, 15) is 5.11 Å². The maximum absolute atomic E-state index is 10.1. The maximum atomic E-state index is 10.1. The second-order valence-corrected chi connectivity index (χ2v) is 6.10. The van der Waals surface area contributed by atoms with Crippen LogP contribution in [0.25, 0.3) is 0 Å². The second kappa shape index (κ2) is 9.41. The average molecular weight is 301 g/mol. The summed E-state index contributed by atoms with van der Waals surface area (Å²) < 4.78 is 1.67. The van der Waals surface area contributed by atoms with E-state index in [0.29, 0.717) is 11.6 Å². The SMILES string of the molecule is CCCCCCCCCC(O)Cc1c(C)nn(C)c1Cl. The average Bonchev–Trinajstić information content (AvgIpc) is 2.64. The lowest BCUT2D eigenvalue weighted by Gasteiger charge is -2.10. The summed E-state index contributed by atoms with van der Waals surface area (Å²) in [7, 11) is 1.83. The normalized spacial score (nSPS) is 12.8. The van der Waals surface area contributed by atoms with Crippen molar-refractivity contribution >= 4 is 11.6 Å². The second-order valence-electron chi connectivity index (χ2n) is 5.75. The molecule has 20 heavy (non-hydrogen) atoms. The Balaban J connectivity index is 2.19. The molecule has 0 fully saturated rings. The Morgan fingerprint density at radius 2 is 1.75 bits per heavy atom. The molecule has 3 nitrogen and oxygen atoms in total. The topological polar surface area (TPSA) is 38.1 Å². The molecule has 0 aromatic carbocycles. The molecule has 0 aliphatic rings. The third kappa shape index (κ3) is 5.84. The number of rotatable bonds is 10. The fourth-order valence-corrected chi connectivity index (χ4v) is 2.83. The molecule has 0 amide bonds. The molecule has 0 saturated heterocycles. The van der Waals surface area contributed by atoms with Gasteiger partial charge in [-0.3, -0.25) is 4.68 Å². The molecule has 0 spiro atoms. The Hall–Kier alpha value is -0.540. The van der Waals surface area contributed by atoms with E-state index < -0.39 is 0 Å². The lowest BCUT2D eigenvalue weighted by molar-refractivity contribution is 0.160. The van der Waals surface area contributed by atoms with Gasteiger partial charge < -0.3 is 5.11 Å². The quantitative estimate of drug-likeness (QED) is 0.649. The molecule has 1 aromatic rings. The number of unbranched alkanes of at least 4 members (excludes halogenated alkanes) is 6. The van der Waals surface area contributed by atoms with Gasteiger partial charge in [-0.15, -0.1) is 0 Å². The van der Waals surface area contributed by atoms with E-state index in [1.807, 2.05) is 14.0 Å². The van der Waals surface area contributed by atoms with Gasteiger partial charge in [0.25, 0.3) is 0 Å². The third-order valence-corrected chi connectivity index (χ3v) is 4.32. The van der Waals surface area contributed by atoms with Crippen molar-refractivity contribution in [3.63, 3.8) is 0 Å². The summed E-state index contributed by atoms with van der Waals surface area (Å²) in [6.07, 6.45) is 10.1. The van der Waals surface area contributed by atoms with Crippen LogP contribution in [-0.2, 0) is 13.5 Å². The number of aliphatic hydroxyl groups excluding tert-OH is 1. The number of nitrogens with zero attached hydrogens (tertiary/aromatic N) is 2. The van der Waals surface area contributed by atoms with Crippen LogP contribution in [0.15, 0.2) is 0 Å². The first kappa shape index (κ1) is 17.5. The van der Waals surface area contributed by atoms with Crippen LogP contribution < -0.4 is 0 Å². The van der Waals surface area contributed by atoms with Crippen LogP contribution in [0.1, 0.15) is 69.5 Å². The number of halogens is 1. The minimum atomic E-state index is -0.300. The van der Waals surface area contributed by atoms with Crippen LogP contribution in [0, 0.1) is 6.92 Å². The monoisotopic (exact) mass is 300 g/mol. The van der Waals surface area contributed by atoms with Gasteiger partial charge in [-0.25, -0.2) is 0 Å². The third-order valence-electron chi connectivity index (χ3n) is 3.85. The standard InChI is InChI=1S/C16H29ClN2O/c1-4-5-6-7-8-9-10-11-14(20)12-15-13(2)18-19(3)16(15)17/h14,20H,4-12H2,1-3H3. The predicted molar refractivity (Wildman–Crippen MR) is 85.3 cm³/mol. The fourth-order valence-electron chi connectivity index (χ4n) is 2.58. The summed E-state index contributed by atoms with van der Waals surface area (Å²) in [6, 6.07) is 0. The zero-order valence-corrected chi connectivity index (χ0v) is 13.9. The van der Waals surface area contributed by atoms with Gasteiger partial charge in [0, 0.05) is 19.0 Å². The Morgan fingerprint density at radius 3 is 2.30 bits per heavy atom. The molecule has 0 aliphatic heterocycles. The summed E-state index contributed by atoms with van der Waals surface area (Å²) in [6.45, 7) is 4.18. The van der Waals surface area contributed by atoms with Gasteiger partial charge in [-0.05, 0) is 13.3 Å². The first-order chi connectivity index (χ1) is 9.56. The van der Waals surface area contributed by atoms with Gasteiger partial charge >= 0.3 is 0 Å². The van der Waals surface area contributed by atoms with Crippen LogP contribution in [0.3, 0.4) is 0 Å². The first-order valence-corrected chi connectivity index (χ1v) is 8.30. The van der Waals surface area contributed by atoms with Crippen LogP contribution >= 0.6 is 11.6 Å². The Labute approximate surface area is 128 Å². The Morgan fingerprint density at radius 1 is 1.15 bits per heavy atom. The maximum Gasteiger partial charge on any atom is 0.130 e. The number of hydrogen-bond acceptors (Lipinski definition) is 2. The first-order valence-electron chi connectivity index (χ1n) is 7.92. The van der Waals surface area contributed by atoms with Crippen LogP contribution in [0.5, 0.6) is 0 Å². The summed E-state index contributed by atoms with van der Waals surface area (Å²) in [5, 5.41) is 15.0. The molecule has 0 bridgehead atoms. The molecule has 1 unspecified atom stereocenters. The zero-order valence-electron chi connectivity index (χ0n) is 13.2. The summed E-state index contributed by atoms with van der Waals surface area (Å²) in [5.74, 6) is 0. The van der Waals surface area contributed by atoms with Gasteiger partial charge in [-0.2, -0.15) is 5.10 Å². The molecular formula is C16H29ClN2O. The Bertz CT molecular complexity index is 390. The van der Waals surface area contributed by atoms with Crippen molar-refractivity contribution in [3.8, 4) is 0 Å². The van der Waals surface area contributed by atoms with Crippen molar-refractivity contribution in [2.45, 2.75) is 77.7 Å². The van der Waals surface area contributed by atoms with Gasteiger partial charge in [0.1, 0.15) is 5.15 Å². The lowest BCUT2D eigenvalue weighted by Crippen LogP contribution is -2.11. The molecule has 1 atom stereocenters. The molecular weight excluding hydrogens is 272 g/mol. The summed E-state index contributed by atoms with van der Waals surface area (Å²) >= 11 is 6.18. The highest BCUT2D eigenvalue weighted by atomic mass is 35.5. The van der Waals surface area contributed by atoms with E-state index in [-0.39, 0.29) is 6.10 Å². The van der Waals surface area contributed by atoms with E-state index in [0.717, 1.165) is 24.1 Å². The highest BCUT2D eigenvalue weighted by Gasteiger charge is 2.15. The summed E-state index contributed by atoms with van der Waals surface area (Å²) in [4.78, 5) is 0. The molecule has 1 N–H and O–H groups in total. The molecule has 1 rings (SSSR count). The van der Waals surface area contributed by atoms with Gasteiger partial charge in [0.2, 0.25) is 0 Å². The molecule has 1 aromatic heterocycles. The van der Waals surface area contributed by atoms with E-state index in [4.69, 9.17) is 11.6 Å².